The average molecular weight is 256 g/mol. The molecule has 0 aromatic carbocycles. The summed E-state index contributed by atoms with van der Waals surface area (Å²) in [5.74, 6) is 0.585. The molecule has 0 saturated carbocycles. The smallest absolute Gasteiger partial charge is 0.305 e. The molecule has 0 fully saturated rings. The van der Waals surface area contributed by atoms with E-state index in [9.17, 15) is 4.79 Å². The second-order valence-electron chi connectivity index (χ2n) is 6.88. The Labute approximate surface area is 113 Å². The SMILES string of the molecule is CC(C)CCOC(=O)CCCCCCC(C)(C)C. The van der Waals surface area contributed by atoms with Crippen molar-refractivity contribution in [3.8, 4) is 0 Å². The van der Waals surface area contributed by atoms with Crippen molar-refractivity contribution in [2.45, 2.75) is 79.6 Å². The summed E-state index contributed by atoms with van der Waals surface area (Å²) in [7, 11) is 0. The van der Waals surface area contributed by atoms with Crippen molar-refractivity contribution in [2.75, 3.05) is 6.61 Å². The molecule has 0 aliphatic rings. The molecule has 0 heterocycles. The van der Waals surface area contributed by atoms with Crippen LogP contribution >= 0.6 is 0 Å². The highest BCUT2D eigenvalue weighted by atomic mass is 16.5. The third kappa shape index (κ3) is 13.5. The minimum Gasteiger partial charge on any atom is -0.466 e. The molecular formula is C16H32O2. The van der Waals surface area contributed by atoms with Gasteiger partial charge < -0.3 is 4.74 Å². The molecule has 0 spiro atoms. The monoisotopic (exact) mass is 256 g/mol. The van der Waals surface area contributed by atoms with E-state index in [1.807, 2.05) is 0 Å². The highest BCUT2D eigenvalue weighted by molar-refractivity contribution is 5.69. The fourth-order valence-electron chi connectivity index (χ4n) is 1.76. The number of carbonyl (C=O) groups excluding carboxylic acids is 1. The first-order valence-corrected chi connectivity index (χ1v) is 7.47. The lowest BCUT2D eigenvalue weighted by Crippen LogP contribution is -2.07. The Balaban J connectivity index is 3.30. The van der Waals surface area contributed by atoms with Gasteiger partial charge in [0.05, 0.1) is 6.61 Å². The lowest BCUT2D eigenvalue weighted by Gasteiger charge is -2.17. The Kier molecular flexibility index (Phi) is 9.13. The van der Waals surface area contributed by atoms with Crippen LogP contribution in [0, 0.1) is 11.3 Å². The summed E-state index contributed by atoms with van der Waals surface area (Å²) in [5, 5.41) is 0. The Morgan fingerprint density at radius 1 is 1.06 bits per heavy atom. The van der Waals surface area contributed by atoms with Crippen LogP contribution in [0.1, 0.15) is 79.6 Å². The molecule has 0 N–H and O–H groups in total. The lowest BCUT2D eigenvalue weighted by molar-refractivity contribution is -0.144. The predicted molar refractivity (Wildman–Crippen MR) is 77.6 cm³/mol. The summed E-state index contributed by atoms with van der Waals surface area (Å²) in [5.41, 5.74) is 0.440. The van der Waals surface area contributed by atoms with Gasteiger partial charge >= 0.3 is 5.97 Å². The lowest BCUT2D eigenvalue weighted by atomic mass is 9.89. The maximum atomic E-state index is 11.4. The van der Waals surface area contributed by atoms with E-state index in [0.717, 1.165) is 19.3 Å². The van der Waals surface area contributed by atoms with Crippen molar-refractivity contribution in [3.05, 3.63) is 0 Å². The minimum atomic E-state index is -0.0218. The van der Waals surface area contributed by atoms with Crippen molar-refractivity contribution in [1.82, 2.24) is 0 Å². The predicted octanol–water partition coefficient (Wildman–Crippen LogP) is 4.96. The van der Waals surface area contributed by atoms with Gasteiger partial charge in [-0.25, -0.2) is 0 Å². The summed E-state index contributed by atoms with van der Waals surface area (Å²) in [6, 6.07) is 0. The molecule has 0 unspecified atom stereocenters. The van der Waals surface area contributed by atoms with E-state index >= 15 is 0 Å². The van der Waals surface area contributed by atoms with E-state index in [-0.39, 0.29) is 5.97 Å². The van der Waals surface area contributed by atoms with Gasteiger partial charge in [-0.15, -0.1) is 0 Å². The number of ether oxygens (including phenoxy) is 1. The molecule has 0 radical (unpaired) electrons. The molecule has 0 aromatic rings. The highest BCUT2D eigenvalue weighted by Crippen LogP contribution is 2.22. The molecule has 0 amide bonds. The minimum absolute atomic E-state index is 0.0218. The van der Waals surface area contributed by atoms with Gasteiger partial charge in [0.15, 0.2) is 0 Å². The maximum absolute atomic E-state index is 11.4. The van der Waals surface area contributed by atoms with E-state index in [2.05, 4.69) is 34.6 Å². The van der Waals surface area contributed by atoms with Crippen LogP contribution in [0.5, 0.6) is 0 Å². The fourth-order valence-corrected chi connectivity index (χ4v) is 1.76. The summed E-state index contributed by atoms with van der Waals surface area (Å²) in [6.07, 6.45) is 7.46. The fraction of sp³-hybridized carbons (Fsp3) is 0.938. The Hall–Kier alpha value is -0.530. The van der Waals surface area contributed by atoms with Crippen molar-refractivity contribution in [2.24, 2.45) is 11.3 Å². The van der Waals surface area contributed by atoms with Crippen molar-refractivity contribution >= 4 is 5.97 Å². The Morgan fingerprint density at radius 3 is 2.22 bits per heavy atom. The second kappa shape index (κ2) is 9.41. The molecule has 2 nitrogen and oxygen atoms in total. The number of unbranched alkanes of at least 4 members (excludes halogenated alkanes) is 3. The molecule has 0 aliphatic carbocycles. The summed E-state index contributed by atoms with van der Waals surface area (Å²) >= 11 is 0. The molecule has 0 rings (SSSR count). The van der Waals surface area contributed by atoms with Crippen LogP contribution in [0.15, 0.2) is 0 Å². The Bertz CT molecular complexity index is 214. The number of esters is 1. The van der Waals surface area contributed by atoms with Gasteiger partial charge in [-0.1, -0.05) is 53.9 Å². The maximum Gasteiger partial charge on any atom is 0.305 e. The molecule has 0 aliphatic heterocycles. The van der Waals surface area contributed by atoms with Crippen LogP contribution in [-0.4, -0.2) is 12.6 Å². The standard InChI is InChI=1S/C16H32O2/c1-14(2)11-13-18-15(17)10-8-6-7-9-12-16(3,4)5/h14H,6-13H2,1-5H3. The van der Waals surface area contributed by atoms with E-state index in [4.69, 9.17) is 4.74 Å². The van der Waals surface area contributed by atoms with Gasteiger partial charge in [0.25, 0.3) is 0 Å². The molecule has 18 heavy (non-hydrogen) atoms. The zero-order valence-electron chi connectivity index (χ0n) is 13.1. The number of rotatable bonds is 9. The van der Waals surface area contributed by atoms with Gasteiger partial charge in [-0.2, -0.15) is 0 Å². The quantitative estimate of drug-likeness (QED) is 0.430. The van der Waals surface area contributed by atoms with Crippen molar-refractivity contribution in [3.63, 3.8) is 0 Å². The summed E-state index contributed by atoms with van der Waals surface area (Å²) < 4.78 is 5.17. The zero-order chi connectivity index (χ0) is 14.0. The second-order valence-corrected chi connectivity index (χ2v) is 6.88. The molecule has 108 valence electrons. The zero-order valence-corrected chi connectivity index (χ0v) is 13.1. The first-order chi connectivity index (χ1) is 8.31. The third-order valence-corrected chi connectivity index (χ3v) is 3.02. The summed E-state index contributed by atoms with van der Waals surface area (Å²) in [4.78, 5) is 11.4. The van der Waals surface area contributed by atoms with Crippen molar-refractivity contribution in [1.29, 1.82) is 0 Å². The summed E-state index contributed by atoms with van der Waals surface area (Å²) in [6.45, 7) is 11.7. The number of hydrogen-bond acceptors (Lipinski definition) is 2. The van der Waals surface area contributed by atoms with Crippen LogP contribution in [0.4, 0.5) is 0 Å². The first-order valence-electron chi connectivity index (χ1n) is 7.47. The normalized spacial score (nSPS) is 11.9. The Morgan fingerprint density at radius 2 is 1.67 bits per heavy atom. The molecule has 2 heteroatoms. The van der Waals surface area contributed by atoms with Crippen LogP contribution in [-0.2, 0) is 9.53 Å². The van der Waals surface area contributed by atoms with Crippen LogP contribution in [0.3, 0.4) is 0 Å². The molecule has 0 atom stereocenters. The van der Waals surface area contributed by atoms with E-state index in [1.165, 1.54) is 19.3 Å². The van der Waals surface area contributed by atoms with Crippen LogP contribution < -0.4 is 0 Å². The van der Waals surface area contributed by atoms with Gasteiger partial charge in [-0.05, 0) is 30.6 Å². The van der Waals surface area contributed by atoms with Crippen LogP contribution in [0.2, 0.25) is 0 Å². The topological polar surface area (TPSA) is 26.3 Å². The van der Waals surface area contributed by atoms with E-state index in [0.29, 0.717) is 24.4 Å². The molecule has 0 aromatic heterocycles. The average Bonchev–Trinajstić information content (AvgIpc) is 2.21. The number of carbonyl (C=O) groups is 1. The molecule has 0 bridgehead atoms. The van der Waals surface area contributed by atoms with E-state index in [1.54, 1.807) is 0 Å². The molecular weight excluding hydrogens is 224 g/mol. The first kappa shape index (κ1) is 17.5. The molecule has 0 saturated heterocycles. The van der Waals surface area contributed by atoms with Gasteiger partial charge in [0.1, 0.15) is 0 Å². The van der Waals surface area contributed by atoms with Crippen molar-refractivity contribution < 1.29 is 9.53 Å². The van der Waals surface area contributed by atoms with Crippen LogP contribution in [0.25, 0.3) is 0 Å². The largest absolute Gasteiger partial charge is 0.466 e. The highest BCUT2D eigenvalue weighted by Gasteiger charge is 2.09. The van der Waals surface area contributed by atoms with Gasteiger partial charge in [0.2, 0.25) is 0 Å². The van der Waals surface area contributed by atoms with E-state index < -0.39 is 0 Å². The van der Waals surface area contributed by atoms with Gasteiger partial charge in [-0.3, -0.25) is 4.79 Å². The third-order valence-electron chi connectivity index (χ3n) is 3.02. The number of hydrogen-bond donors (Lipinski definition) is 0. The van der Waals surface area contributed by atoms with Gasteiger partial charge in [0, 0.05) is 6.42 Å².